The first-order valence-corrected chi connectivity index (χ1v) is 10.9. The summed E-state index contributed by atoms with van der Waals surface area (Å²) in [5, 5.41) is 12.4. The van der Waals surface area contributed by atoms with E-state index in [0.29, 0.717) is 17.3 Å². The van der Waals surface area contributed by atoms with Crippen LogP contribution in [0.25, 0.3) is 0 Å². The number of ether oxygens (including phenoxy) is 1. The van der Waals surface area contributed by atoms with Gasteiger partial charge in [0.15, 0.2) is 0 Å². The molecule has 170 valence electrons. The molecule has 2 rings (SSSR count). The zero-order chi connectivity index (χ0) is 23.0. The van der Waals surface area contributed by atoms with Crippen LogP contribution in [0.2, 0.25) is 0 Å². The lowest BCUT2D eigenvalue weighted by atomic mass is 10.1. The zero-order valence-corrected chi connectivity index (χ0v) is 19.9. The molecule has 0 radical (unpaired) electrons. The maximum atomic E-state index is 11.9. The molecular weight excluding hydrogens is 416 g/mol. The third-order valence-electron chi connectivity index (χ3n) is 5.07. The number of carbonyl (C=O) groups excluding carboxylic acids is 1. The lowest BCUT2D eigenvalue weighted by molar-refractivity contribution is -0.113. The number of amides is 1. The standard InChI is InChI=1S/C22H33ClN6O2/c1-7-15(8-2)31-19-11-20(27-13-18(19)28-21(30)12-23)29(6)22-16(25-4)9-14(24-3)10-17(22)26-5/h9-11,13,15,24-26H,7-8,12H2,1-6H3,(H,28,30). The summed E-state index contributed by atoms with van der Waals surface area (Å²) in [5.41, 5.74) is 4.28. The molecule has 1 heterocycles. The molecule has 0 aliphatic rings. The van der Waals surface area contributed by atoms with Crippen molar-refractivity contribution >= 4 is 51.8 Å². The van der Waals surface area contributed by atoms with Crippen LogP contribution in [0, 0.1) is 0 Å². The second kappa shape index (κ2) is 11.5. The predicted molar refractivity (Wildman–Crippen MR) is 132 cm³/mol. The van der Waals surface area contributed by atoms with Gasteiger partial charge in [-0.05, 0) is 25.0 Å². The summed E-state index contributed by atoms with van der Waals surface area (Å²) in [5.74, 6) is 0.792. The van der Waals surface area contributed by atoms with Crippen LogP contribution in [0.5, 0.6) is 5.75 Å². The number of aromatic nitrogens is 1. The smallest absolute Gasteiger partial charge is 0.239 e. The van der Waals surface area contributed by atoms with Crippen LogP contribution in [-0.2, 0) is 4.79 Å². The Hall–Kier alpha value is -2.87. The van der Waals surface area contributed by atoms with E-state index in [0.717, 1.165) is 35.6 Å². The average molecular weight is 449 g/mol. The van der Waals surface area contributed by atoms with Crippen LogP contribution in [0.15, 0.2) is 24.4 Å². The Morgan fingerprint density at radius 2 is 1.68 bits per heavy atom. The molecule has 0 fully saturated rings. The van der Waals surface area contributed by atoms with E-state index in [1.54, 1.807) is 6.20 Å². The maximum Gasteiger partial charge on any atom is 0.239 e. The highest BCUT2D eigenvalue weighted by molar-refractivity contribution is 6.29. The molecule has 0 spiro atoms. The zero-order valence-electron chi connectivity index (χ0n) is 19.1. The van der Waals surface area contributed by atoms with Crippen LogP contribution < -0.4 is 30.9 Å². The van der Waals surface area contributed by atoms with Crippen molar-refractivity contribution in [1.29, 1.82) is 0 Å². The summed E-state index contributed by atoms with van der Waals surface area (Å²) in [6.45, 7) is 4.14. The molecule has 8 nitrogen and oxygen atoms in total. The SMILES string of the molecule is CCC(CC)Oc1cc(N(C)c2c(NC)cc(NC)cc2NC)ncc1NC(=O)CCl. The first-order chi connectivity index (χ1) is 14.9. The van der Waals surface area contributed by atoms with Crippen LogP contribution in [0.3, 0.4) is 0 Å². The Balaban J connectivity index is 2.54. The van der Waals surface area contributed by atoms with E-state index in [2.05, 4.69) is 40.1 Å². The molecular formula is C22H33ClN6O2. The molecule has 0 saturated heterocycles. The second-order valence-electron chi connectivity index (χ2n) is 7.01. The first-order valence-electron chi connectivity index (χ1n) is 10.4. The van der Waals surface area contributed by atoms with Crippen LogP contribution in [0.4, 0.5) is 34.3 Å². The van der Waals surface area contributed by atoms with Crippen molar-refractivity contribution in [1.82, 2.24) is 4.98 Å². The molecule has 1 aromatic heterocycles. The van der Waals surface area contributed by atoms with E-state index >= 15 is 0 Å². The topological polar surface area (TPSA) is 90.6 Å². The lowest BCUT2D eigenvalue weighted by Crippen LogP contribution is -2.20. The van der Waals surface area contributed by atoms with Crippen molar-refractivity contribution in [3.05, 3.63) is 24.4 Å². The average Bonchev–Trinajstić information content (AvgIpc) is 2.81. The number of anilines is 6. The number of hydrogen-bond acceptors (Lipinski definition) is 7. The Morgan fingerprint density at radius 1 is 1.06 bits per heavy atom. The number of carbonyl (C=O) groups is 1. The van der Waals surface area contributed by atoms with Crippen molar-refractivity contribution in [3.63, 3.8) is 0 Å². The van der Waals surface area contributed by atoms with E-state index < -0.39 is 0 Å². The normalized spacial score (nSPS) is 10.6. The minimum Gasteiger partial charge on any atom is -0.488 e. The fourth-order valence-corrected chi connectivity index (χ4v) is 3.32. The summed E-state index contributed by atoms with van der Waals surface area (Å²) < 4.78 is 6.20. The quantitative estimate of drug-likeness (QED) is 0.370. The van der Waals surface area contributed by atoms with Crippen LogP contribution >= 0.6 is 11.6 Å². The number of rotatable bonds is 11. The molecule has 0 unspecified atom stereocenters. The fraction of sp³-hybridized carbons (Fsp3) is 0.455. The van der Waals surface area contributed by atoms with E-state index in [4.69, 9.17) is 16.3 Å². The van der Waals surface area contributed by atoms with Gasteiger partial charge in [0, 0.05) is 39.9 Å². The number of hydrogen-bond donors (Lipinski definition) is 4. The summed E-state index contributed by atoms with van der Waals surface area (Å²) in [4.78, 5) is 18.4. The van der Waals surface area contributed by atoms with Gasteiger partial charge >= 0.3 is 0 Å². The maximum absolute atomic E-state index is 11.9. The minimum absolute atomic E-state index is 0.0304. The highest BCUT2D eigenvalue weighted by Gasteiger charge is 2.19. The Morgan fingerprint density at radius 3 is 2.16 bits per heavy atom. The van der Waals surface area contributed by atoms with Gasteiger partial charge in [0.2, 0.25) is 5.91 Å². The van der Waals surface area contributed by atoms with Gasteiger partial charge in [-0.25, -0.2) is 4.98 Å². The Kier molecular flexibility index (Phi) is 9.05. The molecule has 1 amide bonds. The summed E-state index contributed by atoms with van der Waals surface area (Å²) in [6, 6.07) is 5.90. The van der Waals surface area contributed by atoms with Crippen molar-refractivity contribution in [2.45, 2.75) is 32.8 Å². The lowest BCUT2D eigenvalue weighted by Gasteiger charge is -2.27. The van der Waals surface area contributed by atoms with Gasteiger partial charge in [0.1, 0.15) is 23.1 Å². The number of benzene rings is 1. The summed E-state index contributed by atoms with van der Waals surface area (Å²) >= 11 is 5.67. The van der Waals surface area contributed by atoms with Crippen LogP contribution in [0.1, 0.15) is 26.7 Å². The number of pyridine rings is 1. The number of alkyl halides is 1. The largest absolute Gasteiger partial charge is 0.488 e. The summed E-state index contributed by atoms with van der Waals surface area (Å²) in [7, 11) is 7.58. The molecule has 4 N–H and O–H groups in total. The van der Waals surface area contributed by atoms with Gasteiger partial charge < -0.3 is 30.9 Å². The monoisotopic (exact) mass is 448 g/mol. The number of nitrogens with zero attached hydrogens (tertiary/aromatic N) is 2. The van der Waals surface area contributed by atoms with Gasteiger partial charge in [-0.3, -0.25) is 4.79 Å². The molecule has 0 aliphatic carbocycles. The minimum atomic E-state index is -0.309. The van der Waals surface area contributed by atoms with E-state index in [1.165, 1.54) is 0 Å². The molecule has 0 saturated carbocycles. The number of nitrogens with one attached hydrogen (secondary N) is 4. The Bertz CT molecular complexity index is 863. The van der Waals surface area contributed by atoms with Crippen molar-refractivity contribution < 1.29 is 9.53 Å². The summed E-state index contributed by atoms with van der Waals surface area (Å²) in [6.07, 6.45) is 3.34. The Labute approximate surface area is 189 Å². The first kappa shape index (κ1) is 24.4. The molecule has 0 bridgehead atoms. The molecule has 31 heavy (non-hydrogen) atoms. The van der Waals surface area contributed by atoms with Gasteiger partial charge in [-0.1, -0.05) is 13.8 Å². The highest BCUT2D eigenvalue weighted by atomic mass is 35.5. The van der Waals surface area contributed by atoms with Gasteiger partial charge in [0.05, 0.1) is 29.4 Å². The highest BCUT2D eigenvalue weighted by Crippen LogP contribution is 2.41. The van der Waals surface area contributed by atoms with Crippen molar-refractivity contribution in [2.24, 2.45) is 0 Å². The van der Waals surface area contributed by atoms with Gasteiger partial charge in [-0.2, -0.15) is 0 Å². The molecule has 9 heteroatoms. The van der Waals surface area contributed by atoms with Crippen molar-refractivity contribution in [3.8, 4) is 5.75 Å². The predicted octanol–water partition coefficient (Wildman–Crippen LogP) is 4.72. The van der Waals surface area contributed by atoms with Gasteiger partial charge in [-0.15, -0.1) is 11.6 Å². The number of halogens is 1. The molecule has 0 atom stereocenters. The van der Waals surface area contributed by atoms with E-state index in [-0.39, 0.29) is 17.9 Å². The van der Waals surface area contributed by atoms with Crippen molar-refractivity contribution in [2.75, 3.05) is 60.2 Å². The molecule has 1 aromatic carbocycles. The third-order valence-corrected chi connectivity index (χ3v) is 5.31. The second-order valence-corrected chi connectivity index (χ2v) is 7.27. The van der Waals surface area contributed by atoms with Crippen LogP contribution in [-0.4, -0.2) is 51.1 Å². The molecule has 2 aromatic rings. The van der Waals surface area contributed by atoms with E-state index in [1.807, 2.05) is 51.3 Å². The molecule has 0 aliphatic heterocycles. The fourth-order valence-electron chi connectivity index (χ4n) is 3.26. The van der Waals surface area contributed by atoms with Gasteiger partial charge in [0.25, 0.3) is 0 Å². The third kappa shape index (κ3) is 5.85. The van der Waals surface area contributed by atoms with E-state index in [9.17, 15) is 4.79 Å².